The molecule has 0 saturated carbocycles. The zero-order chi connectivity index (χ0) is 26.7. The molecule has 8 nitrogen and oxygen atoms in total. The van der Waals surface area contributed by atoms with Gasteiger partial charge in [-0.3, -0.25) is 4.79 Å². The summed E-state index contributed by atoms with van der Waals surface area (Å²) in [6, 6.07) is 7.47. The van der Waals surface area contributed by atoms with Crippen molar-refractivity contribution in [1.29, 1.82) is 0 Å². The van der Waals surface area contributed by atoms with Crippen LogP contribution < -0.4 is 5.32 Å². The summed E-state index contributed by atoms with van der Waals surface area (Å²) in [7, 11) is -3.16. The summed E-state index contributed by atoms with van der Waals surface area (Å²) in [5.41, 5.74) is 1.94. The Morgan fingerprint density at radius 1 is 1.27 bits per heavy atom. The van der Waals surface area contributed by atoms with E-state index < -0.39 is 15.7 Å². The first kappa shape index (κ1) is 27.2. The molecule has 1 aliphatic rings. The molecule has 3 aromatic rings. The number of halogens is 1. The molecule has 2 atom stereocenters. The van der Waals surface area contributed by atoms with Crippen LogP contribution in [0.5, 0.6) is 0 Å². The van der Waals surface area contributed by atoms with E-state index in [9.17, 15) is 17.6 Å². The molecule has 0 bridgehead atoms. The highest BCUT2D eigenvalue weighted by Gasteiger charge is 2.32. The molecular formula is C27H36FN5O3S. The van der Waals surface area contributed by atoms with E-state index >= 15 is 0 Å². The number of nitrogens with zero attached hydrogens (tertiary/aromatic N) is 4. The Morgan fingerprint density at radius 2 is 2.00 bits per heavy atom. The molecule has 1 aliphatic heterocycles. The second kappa shape index (κ2) is 11.3. The number of nitrogens with one attached hydrogen (secondary N) is 1. The van der Waals surface area contributed by atoms with Crippen molar-refractivity contribution in [3.05, 3.63) is 47.4 Å². The summed E-state index contributed by atoms with van der Waals surface area (Å²) in [5.74, 6) is -0.665. The SMILES string of the molecule is CCN(CC)CCCC(C)NC(=O)c1cc(-c2ccccc2F)nc2c1c(C)nn2C1CCS(=O)(=O)C1. The number of rotatable bonds is 10. The highest BCUT2D eigenvalue weighted by Crippen LogP contribution is 2.32. The van der Waals surface area contributed by atoms with E-state index in [-0.39, 0.29) is 35.1 Å². The number of carbonyl (C=O) groups excluding carboxylic acids is 1. The van der Waals surface area contributed by atoms with Crippen molar-refractivity contribution in [1.82, 2.24) is 25.0 Å². The third kappa shape index (κ3) is 6.01. The van der Waals surface area contributed by atoms with E-state index in [4.69, 9.17) is 4.98 Å². The van der Waals surface area contributed by atoms with Crippen molar-refractivity contribution < 1.29 is 17.6 Å². The number of benzene rings is 1. The minimum atomic E-state index is -3.16. The van der Waals surface area contributed by atoms with Gasteiger partial charge < -0.3 is 10.2 Å². The highest BCUT2D eigenvalue weighted by atomic mass is 32.2. The monoisotopic (exact) mass is 529 g/mol. The summed E-state index contributed by atoms with van der Waals surface area (Å²) >= 11 is 0. The van der Waals surface area contributed by atoms with Crippen LogP contribution in [-0.4, -0.2) is 71.2 Å². The number of amides is 1. The summed E-state index contributed by atoms with van der Waals surface area (Å²) in [6.07, 6.45) is 2.21. The van der Waals surface area contributed by atoms with Gasteiger partial charge >= 0.3 is 0 Å². The van der Waals surface area contributed by atoms with Crippen molar-refractivity contribution >= 4 is 26.8 Å². The van der Waals surface area contributed by atoms with Crippen LogP contribution in [0.4, 0.5) is 4.39 Å². The van der Waals surface area contributed by atoms with Crippen LogP contribution in [0.3, 0.4) is 0 Å². The maximum Gasteiger partial charge on any atom is 0.252 e. The zero-order valence-electron chi connectivity index (χ0n) is 22.0. The number of aryl methyl sites for hydroxylation is 1. The fraction of sp³-hybridized carbons (Fsp3) is 0.519. The smallest absolute Gasteiger partial charge is 0.252 e. The molecule has 0 aliphatic carbocycles. The first-order valence-corrected chi connectivity index (χ1v) is 14.8. The lowest BCUT2D eigenvalue weighted by molar-refractivity contribution is 0.0939. The van der Waals surface area contributed by atoms with Gasteiger partial charge in [-0.15, -0.1) is 0 Å². The standard InChI is InChI=1S/C27H36FN5O3S/c1-5-32(6-2)14-9-10-18(3)29-27(34)22-16-24(21-11-7-8-12-23(21)28)30-26-25(22)19(4)31-33(26)20-13-15-37(35,36)17-20/h7-8,11-12,16,18,20H,5-6,9-10,13-15,17H2,1-4H3,(H,29,34). The van der Waals surface area contributed by atoms with Gasteiger partial charge in [-0.2, -0.15) is 5.10 Å². The van der Waals surface area contributed by atoms with Gasteiger partial charge in [0.15, 0.2) is 15.5 Å². The maximum absolute atomic E-state index is 14.7. The number of fused-ring (bicyclic) bond motifs is 1. The fourth-order valence-electron chi connectivity index (χ4n) is 5.06. The van der Waals surface area contributed by atoms with E-state index in [2.05, 4.69) is 29.2 Å². The first-order valence-electron chi connectivity index (χ1n) is 13.0. The number of pyridine rings is 1. The van der Waals surface area contributed by atoms with Crippen molar-refractivity contribution in [2.24, 2.45) is 0 Å². The lowest BCUT2D eigenvalue weighted by Gasteiger charge is -2.20. The van der Waals surface area contributed by atoms with E-state index in [0.717, 1.165) is 32.5 Å². The van der Waals surface area contributed by atoms with E-state index in [0.29, 0.717) is 34.4 Å². The van der Waals surface area contributed by atoms with Crippen molar-refractivity contribution in [2.45, 2.75) is 59.0 Å². The number of sulfone groups is 1. The Hall–Kier alpha value is -2.85. The molecule has 1 aromatic carbocycles. The normalized spacial score (nSPS) is 17.9. The molecule has 0 radical (unpaired) electrons. The molecule has 1 N–H and O–H groups in total. The Labute approximate surface area is 218 Å². The lowest BCUT2D eigenvalue weighted by atomic mass is 10.0. The minimum absolute atomic E-state index is 0.0278. The summed E-state index contributed by atoms with van der Waals surface area (Å²) in [4.78, 5) is 20.6. The molecule has 0 spiro atoms. The highest BCUT2D eigenvalue weighted by molar-refractivity contribution is 7.91. The largest absolute Gasteiger partial charge is 0.350 e. The molecular weight excluding hydrogens is 493 g/mol. The second-order valence-electron chi connectivity index (χ2n) is 9.86. The number of hydrogen-bond donors (Lipinski definition) is 1. The molecule has 2 unspecified atom stereocenters. The first-order chi connectivity index (χ1) is 17.6. The Morgan fingerprint density at radius 3 is 2.65 bits per heavy atom. The molecule has 37 heavy (non-hydrogen) atoms. The molecule has 1 amide bonds. The number of aromatic nitrogens is 3. The van der Waals surface area contributed by atoms with Crippen molar-refractivity contribution in [3.8, 4) is 11.3 Å². The van der Waals surface area contributed by atoms with Crippen LogP contribution in [0.15, 0.2) is 30.3 Å². The molecule has 1 fully saturated rings. The van der Waals surface area contributed by atoms with E-state index in [1.165, 1.54) is 6.07 Å². The average molecular weight is 530 g/mol. The van der Waals surface area contributed by atoms with Gasteiger partial charge in [0.25, 0.3) is 5.91 Å². The van der Waals surface area contributed by atoms with Crippen LogP contribution in [-0.2, 0) is 9.84 Å². The van der Waals surface area contributed by atoms with Gasteiger partial charge in [-0.05, 0) is 70.9 Å². The predicted molar refractivity (Wildman–Crippen MR) is 144 cm³/mol. The van der Waals surface area contributed by atoms with E-state index in [1.54, 1.807) is 35.9 Å². The van der Waals surface area contributed by atoms with Crippen LogP contribution >= 0.6 is 0 Å². The quantitative estimate of drug-likeness (QED) is 0.424. The number of hydrogen-bond acceptors (Lipinski definition) is 6. The molecule has 1 saturated heterocycles. The van der Waals surface area contributed by atoms with Gasteiger partial charge in [0.05, 0.1) is 39.9 Å². The van der Waals surface area contributed by atoms with Crippen molar-refractivity contribution in [3.63, 3.8) is 0 Å². The Kier molecular flexibility index (Phi) is 8.28. The van der Waals surface area contributed by atoms with Gasteiger partial charge in [0.1, 0.15) is 5.82 Å². The Balaban J connectivity index is 1.71. The average Bonchev–Trinajstić information content (AvgIpc) is 3.40. The summed E-state index contributed by atoms with van der Waals surface area (Å²) in [5, 5.41) is 8.28. The third-order valence-corrected chi connectivity index (χ3v) is 8.92. The summed E-state index contributed by atoms with van der Waals surface area (Å²) < 4.78 is 40.7. The minimum Gasteiger partial charge on any atom is -0.350 e. The third-order valence-electron chi connectivity index (χ3n) is 7.17. The molecule has 200 valence electrons. The van der Waals surface area contributed by atoms with Gasteiger partial charge in [-0.1, -0.05) is 26.0 Å². The lowest BCUT2D eigenvalue weighted by Crippen LogP contribution is -2.34. The molecule has 10 heteroatoms. The zero-order valence-corrected chi connectivity index (χ0v) is 22.8. The maximum atomic E-state index is 14.7. The van der Waals surface area contributed by atoms with Gasteiger partial charge in [-0.25, -0.2) is 22.5 Å². The Bertz CT molecular complexity index is 1380. The second-order valence-corrected chi connectivity index (χ2v) is 12.1. The molecule has 3 heterocycles. The van der Waals surface area contributed by atoms with Crippen LogP contribution in [0.1, 0.15) is 62.1 Å². The summed E-state index contributed by atoms with van der Waals surface area (Å²) in [6.45, 7) is 11.0. The van der Waals surface area contributed by atoms with E-state index in [1.807, 2.05) is 6.92 Å². The predicted octanol–water partition coefficient (Wildman–Crippen LogP) is 4.15. The number of carbonyl (C=O) groups is 1. The van der Waals surface area contributed by atoms with Gasteiger partial charge in [0.2, 0.25) is 0 Å². The van der Waals surface area contributed by atoms with Crippen LogP contribution in [0.25, 0.3) is 22.3 Å². The van der Waals surface area contributed by atoms with Gasteiger partial charge in [0, 0.05) is 11.6 Å². The molecule has 2 aromatic heterocycles. The van der Waals surface area contributed by atoms with Crippen molar-refractivity contribution in [2.75, 3.05) is 31.1 Å². The van der Waals surface area contributed by atoms with Crippen LogP contribution in [0, 0.1) is 12.7 Å². The molecule has 4 rings (SSSR count). The topological polar surface area (TPSA) is 97.2 Å². The fourth-order valence-corrected chi connectivity index (χ4v) is 6.75. The van der Waals surface area contributed by atoms with Crippen LogP contribution in [0.2, 0.25) is 0 Å².